The van der Waals surface area contributed by atoms with E-state index in [0.717, 1.165) is 44.7 Å². The fourth-order valence-corrected chi connectivity index (χ4v) is 2.72. The molecule has 1 aliphatic carbocycles. The van der Waals surface area contributed by atoms with Gasteiger partial charge in [-0.3, -0.25) is 4.79 Å². The molecule has 1 aliphatic heterocycles. The molecule has 2 aliphatic rings. The minimum atomic E-state index is -0.00557. The minimum Gasteiger partial charge on any atom is -0.356 e. The van der Waals surface area contributed by atoms with E-state index in [-0.39, 0.29) is 5.91 Å². The number of nitrogens with one attached hydrogen (secondary N) is 1. The maximum Gasteiger partial charge on any atom is 0.253 e. The van der Waals surface area contributed by atoms with Gasteiger partial charge in [0.1, 0.15) is 5.82 Å². The maximum atomic E-state index is 11.9. The number of anilines is 1. The molecule has 5 nitrogen and oxygen atoms in total. The summed E-state index contributed by atoms with van der Waals surface area (Å²) in [4.78, 5) is 18.6. The Labute approximate surface area is 119 Å². The molecule has 1 saturated carbocycles. The summed E-state index contributed by atoms with van der Waals surface area (Å²) in [6.45, 7) is 2.81. The Kier molecular flexibility index (Phi) is 3.87. The van der Waals surface area contributed by atoms with Crippen LogP contribution in [0.5, 0.6) is 0 Å². The van der Waals surface area contributed by atoms with Gasteiger partial charge in [-0.05, 0) is 50.3 Å². The van der Waals surface area contributed by atoms with Crippen molar-refractivity contribution < 1.29 is 4.79 Å². The molecule has 20 heavy (non-hydrogen) atoms. The lowest BCUT2D eigenvalue weighted by Gasteiger charge is -2.17. The van der Waals surface area contributed by atoms with Crippen LogP contribution in [0.3, 0.4) is 0 Å². The number of carbonyl (C=O) groups excluding carboxylic acids is 1. The quantitative estimate of drug-likeness (QED) is 0.845. The van der Waals surface area contributed by atoms with Crippen LogP contribution in [0.25, 0.3) is 0 Å². The topological polar surface area (TPSA) is 71.2 Å². The van der Waals surface area contributed by atoms with E-state index in [2.05, 4.69) is 15.2 Å². The van der Waals surface area contributed by atoms with Crippen LogP contribution in [-0.2, 0) is 0 Å². The lowest BCUT2D eigenvalue weighted by atomic mass is 10.1. The van der Waals surface area contributed by atoms with Crippen LogP contribution >= 0.6 is 0 Å². The van der Waals surface area contributed by atoms with E-state index in [1.54, 1.807) is 6.20 Å². The van der Waals surface area contributed by atoms with Crippen LogP contribution in [0.2, 0.25) is 0 Å². The molecule has 3 N–H and O–H groups in total. The van der Waals surface area contributed by atoms with Gasteiger partial charge in [0.15, 0.2) is 0 Å². The Morgan fingerprint density at radius 3 is 2.90 bits per heavy atom. The van der Waals surface area contributed by atoms with Crippen molar-refractivity contribution in [2.45, 2.75) is 31.7 Å². The molecule has 0 bridgehead atoms. The largest absolute Gasteiger partial charge is 0.356 e. The summed E-state index contributed by atoms with van der Waals surface area (Å²) >= 11 is 0. The van der Waals surface area contributed by atoms with E-state index in [1.165, 1.54) is 6.42 Å². The number of hydrogen-bond donors (Lipinski definition) is 2. The number of pyridine rings is 1. The van der Waals surface area contributed by atoms with Gasteiger partial charge in [0, 0.05) is 25.3 Å². The van der Waals surface area contributed by atoms with Crippen molar-refractivity contribution in [3.05, 3.63) is 23.9 Å². The molecule has 0 aromatic carbocycles. The Morgan fingerprint density at radius 1 is 1.40 bits per heavy atom. The fourth-order valence-electron chi connectivity index (χ4n) is 2.72. The number of hydrogen-bond acceptors (Lipinski definition) is 4. The molecule has 2 heterocycles. The van der Waals surface area contributed by atoms with E-state index < -0.39 is 0 Å². The molecule has 1 amide bonds. The third kappa shape index (κ3) is 3.10. The van der Waals surface area contributed by atoms with Crippen LogP contribution in [0.1, 0.15) is 36.0 Å². The first-order valence-corrected chi connectivity index (χ1v) is 7.48. The van der Waals surface area contributed by atoms with E-state index >= 15 is 0 Å². The highest BCUT2D eigenvalue weighted by Gasteiger charge is 2.25. The highest BCUT2D eigenvalue weighted by atomic mass is 16.1. The average Bonchev–Trinajstić information content (AvgIpc) is 3.15. The van der Waals surface area contributed by atoms with Gasteiger partial charge >= 0.3 is 0 Å². The molecule has 3 rings (SSSR count). The van der Waals surface area contributed by atoms with Crippen LogP contribution in [0.15, 0.2) is 18.3 Å². The second kappa shape index (κ2) is 5.79. The van der Waals surface area contributed by atoms with Crippen molar-refractivity contribution in [1.82, 2.24) is 10.3 Å². The van der Waals surface area contributed by atoms with Gasteiger partial charge in [0.2, 0.25) is 0 Å². The third-order valence-corrected chi connectivity index (χ3v) is 4.11. The van der Waals surface area contributed by atoms with E-state index in [9.17, 15) is 4.79 Å². The van der Waals surface area contributed by atoms with Gasteiger partial charge in [-0.2, -0.15) is 0 Å². The molecule has 108 valence electrons. The highest BCUT2D eigenvalue weighted by Crippen LogP contribution is 2.24. The Morgan fingerprint density at radius 2 is 2.25 bits per heavy atom. The summed E-state index contributed by atoms with van der Waals surface area (Å²) in [7, 11) is 0. The van der Waals surface area contributed by atoms with Gasteiger partial charge in [-0.25, -0.2) is 4.98 Å². The van der Waals surface area contributed by atoms with Crippen LogP contribution in [0, 0.1) is 5.92 Å². The predicted octanol–water partition coefficient (Wildman–Crippen LogP) is 1.15. The van der Waals surface area contributed by atoms with E-state index in [1.807, 2.05) is 12.1 Å². The number of aromatic nitrogens is 1. The zero-order chi connectivity index (χ0) is 13.9. The smallest absolute Gasteiger partial charge is 0.253 e. The van der Waals surface area contributed by atoms with Crippen LogP contribution in [-0.4, -0.2) is 36.6 Å². The van der Waals surface area contributed by atoms with Gasteiger partial charge in [-0.1, -0.05) is 0 Å². The zero-order valence-electron chi connectivity index (χ0n) is 11.7. The lowest BCUT2D eigenvalue weighted by molar-refractivity contribution is 0.0950. The number of amides is 1. The summed E-state index contributed by atoms with van der Waals surface area (Å²) in [5.74, 6) is 1.64. The normalized spacial score (nSPS) is 22.1. The zero-order valence-corrected chi connectivity index (χ0v) is 11.7. The number of carbonyl (C=O) groups is 1. The maximum absolute atomic E-state index is 11.9. The summed E-state index contributed by atoms with van der Waals surface area (Å²) in [5.41, 5.74) is 6.26. The molecule has 2 fully saturated rings. The van der Waals surface area contributed by atoms with Gasteiger partial charge < -0.3 is 16.0 Å². The van der Waals surface area contributed by atoms with Gasteiger partial charge in [0.05, 0.1) is 5.56 Å². The first-order valence-electron chi connectivity index (χ1n) is 7.48. The molecule has 0 radical (unpaired) electrons. The van der Waals surface area contributed by atoms with Crippen LogP contribution in [0.4, 0.5) is 5.82 Å². The SMILES string of the molecule is NCCC1CCN(c2ccc(C(=O)NC3CC3)cn2)C1. The Hall–Kier alpha value is -1.62. The summed E-state index contributed by atoms with van der Waals surface area (Å²) in [6, 6.07) is 4.21. The van der Waals surface area contributed by atoms with E-state index in [0.29, 0.717) is 17.5 Å². The molecule has 5 heteroatoms. The fraction of sp³-hybridized carbons (Fsp3) is 0.600. The predicted molar refractivity (Wildman–Crippen MR) is 78.7 cm³/mol. The molecular weight excluding hydrogens is 252 g/mol. The molecule has 1 unspecified atom stereocenters. The Balaban J connectivity index is 1.59. The van der Waals surface area contributed by atoms with Crippen molar-refractivity contribution >= 4 is 11.7 Å². The van der Waals surface area contributed by atoms with Crippen molar-refractivity contribution in [1.29, 1.82) is 0 Å². The second-order valence-electron chi connectivity index (χ2n) is 5.83. The Bertz CT molecular complexity index is 469. The number of rotatable bonds is 5. The standard InChI is InChI=1S/C15H22N4O/c16-7-5-11-6-8-19(10-11)14-4-1-12(9-17-14)15(20)18-13-2-3-13/h1,4,9,11,13H,2-3,5-8,10,16H2,(H,18,20). The molecular formula is C15H22N4O. The lowest BCUT2D eigenvalue weighted by Crippen LogP contribution is -2.26. The molecule has 1 aromatic rings. The van der Waals surface area contributed by atoms with Crippen LogP contribution < -0.4 is 16.0 Å². The van der Waals surface area contributed by atoms with E-state index in [4.69, 9.17) is 5.73 Å². The van der Waals surface area contributed by atoms with Gasteiger partial charge in [0.25, 0.3) is 5.91 Å². The minimum absolute atomic E-state index is 0.00557. The monoisotopic (exact) mass is 274 g/mol. The van der Waals surface area contributed by atoms with Crippen molar-refractivity contribution in [3.8, 4) is 0 Å². The summed E-state index contributed by atoms with van der Waals surface area (Å²) < 4.78 is 0. The first-order chi connectivity index (χ1) is 9.76. The summed E-state index contributed by atoms with van der Waals surface area (Å²) in [6.07, 6.45) is 6.16. The average molecular weight is 274 g/mol. The molecule has 1 saturated heterocycles. The van der Waals surface area contributed by atoms with Gasteiger partial charge in [-0.15, -0.1) is 0 Å². The van der Waals surface area contributed by atoms with Crippen molar-refractivity contribution in [2.75, 3.05) is 24.5 Å². The second-order valence-corrected chi connectivity index (χ2v) is 5.83. The molecule has 0 spiro atoms. The van der Waals surface area contributed by atoms with Crippen molar-refractivity contribution in [2.24, 2.45) is 11.7 Å². The summed E-state index contributed by atoms with van der Waals surface area (Å²) in [5, 5.41) is 2.98. The number of nitrogens with zero attached hydrogens (tertiary/aromatic N) is 2. The molecule has 1 atom stereocenters. The highest BCUT2D eigenvalue weighted by molar-refractivity contribution is 5.94. The molecule has 1 aromatic heterocycles. The first kappa shape index (κ1) is 13.4. The third-order valence-electron chi connectivity index (χ3n) is 4.11. The van der Waals surface area contributed by atoms with Crippen molar-refractivity contribution in [3.63, 3.8) is 0 Å². The number of nitrogens with two attached hydrogens (primary N) is 1.